The molecule has 2 aliphatic rings. The molecule has 1 atom stereocenters. The van der Waals surface area contributed by atoms with Crippen LogP contribution in [0.25, 0.3) is 0 Å². The number of piperidine rings is 1. The molecule has 0 bridgehead atoms. The molecule has 0 aliphatic carbocycles. The van der Waals surface area contributed by atoms with Gasteiger partial charge in [0.25, 0.3) is 5.91 Å². The van der Waals surface area contributed by atoms with E-state index in [-0.39, 0.29) is 17.7 Å². The molecule has 0 saturated carbocycles. The van der Waals surface area contributed by atoms with Crippen LogP contribution >= 0.6 is 0 Å². The number of likely N-dealkylation sites (tertiary alicyclic amines) is 1. The van der Waals surface area contributed by atoms with Crippen LogP contribution in [0.2, 0.25) is 0 Å². The number of fused-ring (bicyclic) bond motifs is 1. The molecule has 2 aliphatic heterocycles. The fourth-order valence-corrected chi connectivity index (χ4v) is 5.06. The van der Waals surface area contributed by atoms with E-state index in [2.05, 4.69) is 19.7 Å². The Hall–Kier alpha value is -2.97. The number of carbonyl (C=O) groups excluding carboxylic acids is 1. The van der Waals surface area contributed by atoms with Gasteiger partial charge in [0.05, 0.1) is 12.6 Å². The quantitative estimate of drug-likeness (QED) is 0.565. The molecule has 6 nitrogen and oxygen atoms in total. The lowest BCUT2D eigenvalue weighted by Crippen LogP contribution is -2.38. The summed E-state index contributed by atoms with van der Waals surface area (Å²) in [4.78, 5) is 17.0. The van der Waals surface area contributed by atoms with Crippen molar-refractivity contribution in [2.24, 2.45) is 0 Å². The maximum absolute atomic E-state index is 14.8. The van der Waals surface area contributed by atoms with Gasteiger partial charge in [0, 0.05) is 49.7 Å². The maximum atomic E-state index is 14.8. The van der Waals surface area contributed by atoms with Crippen LogP contribution in [0.4, 0.5) is 8.78 Å². The van der Waals surface area contributed by atoms with Gasteiger partial charge in [-0.1, -0.05) is 12.5 Å². The van der Waals surface area contributed by atoms with E-state index in [0.717, 1.165) is 37.9 Å². The second kappa shape index (κ2) is 10.1. The molecule has 1 unspecified atom stereocenters. The van der Waals surface area contributed by atoms with Crippen LogP contribution in [0.15, 0.2) is 53.1 Å². The van der Waals surface area contributed by atoms with Crippen LogP contribution in [-0.4, -0.2) is 53.0 Å². The van der Waals surface area contributed by atoms with Crippen LogP contribution in [0.1, 0.15) is 52.9 Å². The summed E-state index contributed by atoms with van der Waals surface area (Å²) in [6.45, 7) is 5.45. The lowest BCUT2D eigenvalue weighted by atomic mass is 9.99. The highest BCUT2D eigenvalue weighted by Gasteiger charge is 2.31. The first-order chi connectivity index (χ1) is 16.6. The third kappa shape index (κ3) is 4.93. The SMILES string of the molecule is O=C(NCCN1CCCCC1)c1ccc(CN2CCn3cccc3C2c2ccc(F)cc2F)o1. The fourth-order valence-electron chi connectivity index (χ4n) is 5.06. The zero-order valence-corrected chi connectivity index (χ0v) is 19.2. The standard InChI is InChI=1S/C26H30F2N4O2/c27-19-6-8-21(22(28)17-19)25-23-5-4-13-31(23)15-16-32(25)18-20-7-9-24(34-20)26(33)29-10-14-30-11-2-1-3-12-30/h4-9,13,17,25H,1-3,10-12,14-16,18H2,(H,29,33). The number of amides is 1. The number of rotatable bonds is 7. The molecule has 4 heterocycles. The van der Waals surface area contributed by atoms with Crippen molar-refractivity contribution in [2.75, 3.05) is 32.7 Å². The number of nitrogens with one attached hydrogen (secondary N) is 1. The smallest absolute Gasteiger partial charge is 0.287 e. The van der Waals surface area contributed by atoms with E-state index in [1.54, 1.807) is 12.1 Å². The predicted molar refractivity (Wildman–Crippen MR) is 124 cm³/mol. The summed E-state index contributed by atoms with van der Waals surface area (Å²) in [6.07, 6.45) is 5.70. The Morgan fingerprint density at radius 3 is 2.71 bits per heavy atom. The topological polar surface area (TPSA) is 53.7 Å². The number of nitrogens with zero attached hydrogens (tertiary/aromatic N) is 3. The van der Waals surface area contributed by atoms with E-state index in [4.69, 9.17) is 4.42 Å². The molecule has 1 saturated heterocycles. The highest BCUT2D eigenvalue weighted by molar-refractivity contribution is 5.91. The van der Waals surface area contributed by atoms with Gasteiger partial charge in [0.15, 0.2) is 5.76 Å². The third-order valence-corrected chi connectivity index (χ3v) is 6.80. The van der Waals surface area contributed by atoms with Crippen molar-refractivity contribution in [2.45, 2.75) is 38.4 Å². The van der Waals surface area contributed by atoms with E-state index in [9.17, 15) is 13.6 Å². The van der Waals surface area contributed by atoms with E-state index in [1.807, 2.05) is 18.3 Å². The van der Waals surface area contributed by atoms with E-state index in [0.29, 0.717) is 31.0 Å². The molecule has 1 fully saturated rings. The Morgan fingerprint density at radius 1 is 1.03 bits per heavy atom. The molecule has 1 amide bonds. The van der Waals surface area contributed by atoms with Gasteiger partial charge < -0.3 is 19.2 Å². The van der Waals surface area contributed by atoms with Crippen LogP contribution in [0.3, 0.4) is 0 Å². The largest absolute Gasteiger partial charge is 0.455 e. The van der Waals surface area contributed by atoms with E-state index in [1.165, 1.54) is 31.4 Å². The summed E-state index contributed by atoms with van der Waals surface area (Å²) in [5.74, 6) is -0.483. The zero-order valence-electron chi connectivity index (χ0n) is 19.2. The Morgan fingerprint density at radius 2 is 1.88 bits per heavy atom. The minimum absolute atomic E-state index is 0.225. The summed E-state index contributed by atoms with van der Waals surface area (Å²) in [5.41, 5.74) is 1.36. The van der Waals surface area contributed by atoms with Gasteiger partial charge >= 0.3 is 0 Å². The Labute approximate surface area is 198 Å². The van der Waals surface area contributed by atoms with Gasteiger partial charge in [-0.25, -0.2) is 8.78 Å². The van der Waals surface area contributed by atoms with E-state index >= 15 is 0 Å². The van der Waals surface area contributed by atoms with Crippen LogP contribution in [0, 0.1) is 11.6 Å². The number of aromatic nitrogens is 1. The van der Waals surface area contributed by atoms with Gasteiger partial charge in [0.2, 0.25) is 0 Å². The lowest BCUT2D eigenvalue weighted by molar-refractivity contribution is 0.0912. The number of furan rings is 1. The number of benzene rings is 1. The Bertz CT molecular complexity index is 1140. The van der Waals surface area contributed by atoms with E-state index < -0.39 is 11.6 Å². The minimum Gasteiger partial charge on any atom is -0.455 e. The van der Waals surface area contributed by atoms with Gasteiger partial charge in [-0.15, -0.1) is 0 Å². The molecule has 8 heteroatoms. The van der Waals surface area contributed by atoms with Gasteiger partial charge in [-0.2, -0.15) is 0 Å². The van der Waals surface area contributed by atoms with Crippen molar-refractivity contribution >= 4 is 5.91 Å². The zero-order chi connectivity index (χ0) is 23.5. The monoisotopic (exact) mass is 468 g/mol. The van der Waals surface area contributed by atoms with Crippen molar-refractivity contribution in [3.8, 4) is 0 Å². The van der Waals surface area contributed by atoms with Crippen molar-refractivity contribution in [3.05, 3.63) is 83.1 Å². The summed E-state index contributed by atoms with van der Waals surface area (Å²) < 4.78 is 36.3. The number of hydrogen-bond acceptors (Lipinski definition) is 4. The average molecular weight is 469 g/mol. The van der Waals surface area contributed by atoms with Gasteiger partial charge in [0.1, 0.15) is 17.4 Å². The minimum atomic E-state index is -0.596. The Kier molecular flexibility index (Phi) is 6.78. The van der Waals surface area contributed by atoms with Gasteiger partial charge in [-0.3, -0.25) is 9.69 Å². The number of carbonyl (C=O) groups is 1. The van der Waals surface area contributed by atoms with Crippen molar-refractivity contribution < 1.29 is 18.0 Å². The molecule has 0 spiro atoms. The summed E-state index contributed by atoms with van der Waals surface area (Å²) in [5, 5.41) is 2.94. The fraction of sp³-hybridized carbons (Fsp3) is 0.423. The molecule has 180 valence electrons. The highest BCUT2D eigenvalue weighted by Crippen LogP contribution is 2.35. The normalized spacial score (nSPS) is 19.2. The summed E-state index contributed by atoms with van der Waals surface area (Å²) >= 11 is 0. The van der Waals surface area contributed by atoms with Crippen molar-refractivity contribution in [1.82, 2.24) is 19.7 Å². The second-order valence-electron chi connectivity index (χ2n) is 9.09. The molecule has 5 rings (SSSR count). The van der Waals surface area contributed by atoms with Gasteiger partial charge in [-0.05, 0) is 56.3 Å². The van der Waals surface area contributed by atoms with Crippen LogP contribution in [0.5, 0.6) is 0 Å². The lowest BCUT2D eigenvalue weighted by Gasteiger charge is -2.37. The molecule has 1 aromatic carbocycles. The third-order valence-electron chi connectivity index (χ3n) is 6.80. The van der Waals surface area contributed by atoms with Crippen LogP contribution < -0.4 is 5.32 Å². The molecule has 2 aromatic heterocycles. The molecule has 1 N–H and O–H groups in total. The van der Waals surface area contributed by atoms with Crippen molar-refractivity contribution in [3.63, 3.8) is 0 Å². The first-order valence-electron chi connectivity index (χ1n) is 12.0. The summed E-state index contributed by atoms with van der Waals surface area (Å²) in [6, 6.07) is 10.7. The molecule has 0 radical (unpaired) electrons. The van der Waals surface area contributed by atoms with Crippen LogP contribution in [-0.2, 0) is 13.1 Å². The number of hydrogen-bond donors (Lipinski definition) is 1. The first-order valence-corrected chi connectivity index (χ1v) is 12.0. The second-order valence-corrected chi connectivity index (χ2v) is 9.09. The molecular formula is C26H30F2N4O2. The summed E-state index contributed by atoms with van der Waals surface area (Å²) in [7, 11) is 0. The predicted octanol–water partition coefficient (Wildman–Crippen LogP) is 4.18. The molecule has 3 aromatic rings. The molecule has 34 heavy (non-hydrogen) atoms. The number of halogens is 2. The maximum Gasteiger partial charge on any atom is 0.287 e. The molecular weight excluding hydrogens is 438 g/mol. The highest BCUT2D eigenvalue weighted by atomic mass is 19.1. The first kappa shape index (κ1) is 22.8. The van der Waals surface area contributed by atoms with Crippen molar-refractivity contribution in [1.29, 1.82) is 0 Å². The average Bonchev–Trinajstić information content (AvgIpc) is 3.50. The Balaban J connectivity index is 1.26.